The van der Waals surface area contributed by atoms with Gasteiger partial charge < -0.3 is 14.6 Å². The molecule has 0 unspecified atom stereocenters. The first-order valence-electron chi connectivity index (χ1n) is 7.57. The number of carbonyl (C=O) groups is 1. The molecule has 5 heteroatoms. The van der Waals surface area contributed by atoms with Crippen LogP contribution in [0.1, 0.15) is 29.3 Å². The van der Waals surface area contributed by atoms with Crippen LogP contribution in [0.3, 0.4) is 0 Å². The summed E-state index contributed by atoms with van der Waals surface area (Å²) in [6.45, 7) is 2.70. The van der Waals surface area contributed by atoms with Crippen molar-refractivity contribution in [2.24, 2.45) is 0 Å². The summed E-state index contributed by atoms with van der Waals surface area (Å²) in [7, 11) is 1.47. The van der Waals surface area contributed by atoms with E-state index in [0.717, 1.165) is 17.7 Å². The van der Waals surface area contributed by atoms with E-state index in [4.69, 9.17) is 9.47 Å². The number of phenols is 1. The Bertz CT molecular complexity index is 736. The van der Waals surface area contributed by atoms with Crippen LogP contribution < -0.4 is 9.47 Å². The second-order valence-electron chi connectivity index (χ2n) is 5.12. The lowest BCUT2D eigenvalue weighted by Gasteiger charge is -2.06. The van der Waals surface area contributed by atoms with Crippen LogP contribution in [0.25, 0.3) is 6.08 Å². The van der Waals surface area contributed by atoms with E-state index in [1.807, 2.05) is 6.92 Å². The number of ketones is 1. The van der Waals surface area contributed by atoms with Crippen LogP contribution >= 0.6 is 15.9 Å². The summed E-state index contributed by atoms with van der Waals surface area (Å²) in [6, 6.07) is 10.4. The van der Waals surface area contributed by atoms with Gasteiger partial charge in [0.2, 0.25) is 0 Å². The van der Waals surface area contributed by atoms with Crippen molar-refractivity contribution >= 4 is 27.8 Å². The Kier molecular flexibility index (Phi) is 6.44. The Morgan fingerprint density at radius 3 is 2.58 bits per heavy atom. The molecule has 0 saturated heterocycles. The van der Waals surface area contributed by atoms with Gasteiger partial charge in [0.1, 0.15) is 5.75 Å². The van der Waals surface area contributed by atoms with Crippen LogP contribution in [0.2, 0.25) is 0 Å². The lowest BCUT2D eigenvalue weighted by atomic mass is 10.1. The Balaban J connectivity index is 2.11. The number of hydrogen-bond donors (Lipinski definition) is 1. The van der Waals surface area contributed by atoms with Crippen LogP contribution in [0, 0.1) is 0 Å². The quantitative estimate of drug-likeness (QED) is 0.542. The molecule has 1 N–H and O–H groups in total. The fraction of sp³-hybridized carbons (Fsp3) is 0.211. The zero-order chi connectivity index (χ0) is 17.5. The van der Waals surface area contributed by atoms with Gasteiger partial charge in [-0.1, -0.05) is 13.0 Å². The second kappa shape index (κ2) is 8.55. The molecule has 24 heavy (non-hydrogen) atoms. The first-order valence-corrected chi connectivity index (χ1v) is 8.36. The predicted molar refractivity (Wildman–Crippen MR) is 98.0 cm³/mol. The summed E-state index contributed by atoms with van der Waals surface area (Å²) in [5.41, 5.74) is 1.33. The molecule has 0 saturated carbocycles. The number of methoxy groups -OCH3 is 1. The summed E-state index contributed by atoms with van der Waals surface area (Å²) in [4.78, 5) is 12.2. The van der Waals surface area contributed by atoms with E-state index < -0.39 is 0 Å². The molecule has 0 radical (unpaired) electrons. The number of carbonyl (C=O) groups excluding carboxylic acids is 1. The molecule has 2 aromatic rings. The highest BCUT2D eigenvalue weighted by molar-refractivity contribution is 9.10. The molecule has 0 bridgehead atoms. The van der Waals surface area contributed by atoms with Crippen LogP contribution in [-0.2, 0) is 0 Å². The number of allylic oxidation sites excluding steroid dienone is 1. The van der Waals surface area contributed by atoms with Gasteiger partial charge >= 0.3 is 0 Å². The Morgan fingerprint density at radius 2 is 1.96 bits per heavy atom. The molecule has 0 spiro atoms. The van der Waals surface area contributed by atoms with Crippen molar-refractivity contribution in [3.8, 4) is 17.2 Å². The highest BCUT2D eigenvalue weighted by atomic mass is 79.9. The summed E-state index contributed by atoms with van der Waals surface area (Å²) < 4.78 is 11.1. The molecule has 0 aliphatic carbocycles. The minimum atomic E-state index is -0.111. The van der Waals surface area contributed by atoms with Crippen LogP contribution in [-0.4, -0.2) is 24.6 Å². The van der Waals surface area contributed by atoms with Gasteiger partial charge in [0.25, 0.3) is 0 Å². The highest BCUT2D eigenvalue weighted by Gasteiger charge is 2.08. The number of aromatic hydroxyl groups is 1. The molecular weight excluding hydrogens is 372 g/mol. The second-order valence-corrected chi connectivity index (χ2v) is 5.98. The van der Waals surface area contributed by atoms with E-state index in [9.17, 15) is 9.90 Å². The van der Waals surface area contributed by atoms with Crippen molar-refractivity contribution in [1.82, 2.24) is 0 Å². The molecule has 126 valence electrons. The lowest BCUT2D eigenvalue weighted by Crippen LogP contribution is -1.97. The molecule has 4 nitrogen and oxygen atoms in total. The fourth-order valence-corrected chi connectivity index (χ4v) is 2.51. The fourth-order valence-electron chi connectivity index (χ4n) is 2.05. The maximum absolute atomic E-state index is 12.2. The minimum absolute atomic E-state index is 0.0312. The SMILES string of the molecule is CCCOc1ccc(C(=O)C=Cc2cc(Br)c(O)c(OC)c2)cc1. The summed E-state index contributed by atoms with van der Waals surface area (Å²) >= 11 is 3.26. The largest absolute Gasteiger partial charge is 0.503 e. The molecule has 0 aliphatic heterocycles. The van der Waals surface area contributed by atoms with Gasteiger partial charge in [-0.05, 0) is 70.4 Å². The molecule has 0 aromatic heterocycles. The van der Waals surface area contributed by atoms with Gasteiger partial charge in [-0.25, -0.2) is 0 Å². The molecule has 2 aromatic carbocycles. The molecule has 0 amide bonds. The number of rotatable bonds is 7. The van der Waals surface area contributed by atoms with Crippen molar-refractivity contribution in [1.29, 1.82) is 0 Å². The van der Waals surface area contributed by atoms with Crippen LogP contribution in [0.5, 0.6) is 17.2 Å². The summed E-state index contributed by atoms with van der Waals surface area (Å²) in [5, 5.41) is 9.79. The molecular formula is C19H19BrO4. The van der Waals surface area contributed by atoms with Gasteiger partial charge in [0.05, 0.1) is 18.2 Å². The number of benzene rings is 2. The standard InChI is InChI=1S/C19H19BrO4/c1-3-10-24-15-7-5-14(6-8-15)17(21)9-4-13-11-16(20)19(22)18(12-13)23-2/h4-9,11-12,22H,3,10H2,1-2H3. The average molecular weight is 391 g/mol. The first-order chi connectivity index (χ1) is 11.5. The Morgan fingerprint density at radius 1 is 1.25 bits per heavy atom. The van der Waals surface area contributed by atoms with Crippen molar-refractivity contribution in [2.45, 2.75) is 13.3 Å². The summed E-state index contributed by atoms with van der Waals surface area (Å²) in [5.74, 6) is 1.02. The van der Waals surface area contributed by atoms with Gasteiger partial charge in [0.15, 0.2) is 17.3 Å². The maximum atomic E-state index is 12.2. The lowest BCUT2D eigenvalue weighted by molar-refractivity contribution is 0.104. The maximum Gasteiger partial charge on any atom is 0.185 e. The topological polar surface area (TPSA) is 55.8 Å². The van der Waals surface area contributed by atoms with Crippen LogP contribution in [0.4, 0.5) is 0 Å². The molecule has 0 atom stereocenters. The van der Waals surface area contributed by atoms with Gasteiger partial charge in [-0.3, -0.25) is 4.79 Å². The number of ether oxygens (including phenoxy) is 2. The zero-order valence-corrected chi connectivity index (χ0v) is 15.2. The molecule has 2 rings (SSSR count). The van der Waals surface area contributed by atoms with E-state index in [2.05, 4.69) is 15.9 Å². The highest BCUT2D eigenvalue weighted by Crippen LogP contribution is 2.35. The third-order valence-electron chi connectivity index (χ3n) is 3.31. The Labute approximate surface area is 149 Å². The van der Waals surface area contributed by atoms with Gasteiger partial charge in [-0.2, -0.15) is 0 Å². The average Bonchev–Trinajstić information content (AvgIpc) is 2.60. The van der Waals surface area contributed by atoms with Gasteiger partial charge in [0, 0.05) is 5.56 Å². The minimum Gasteiger partial charge on any atom is -0.503 e. The zero-order valence-electron chi connectivity index (χ0n) is 13.6. The van der Waals surface area contributed by atoms with Crippen molar-refractivity contribution in [2.75, 3.05) is 13.7 Å². The molecule has 0 aliphatic rings. The first kappa shape index (κ1) is 18.1. The van der Waals surface area contributed by atoms with E-state index >= 15 is 0 Å². The van der Waals surface area contributed by atoms with Crippen molar-refractivity contribution in [3.63, 3.8) is 0 Å². The molecule has 0 fully saturated rings. The smallest absolute Gasteiger partial charge is 0.185 e. The number of halogens is 1. The third-order valence-corrected chi connectivity index (χ3v) is 3.91. The normalized spacial score (nSPS) is 10.8. The van der Waals surface area contributed by atoms with Crippen LogP contribution in [0.15, 0.2) is 46.9 Å². The van der Waals surface area contributed by atoms with Crippen molar-refractivity contribution < 1.29 is 19.4 Å². The predicted octanol–water partition coefficient (Wildman–Crippen LogP) is 4.85. The van der Waals surface area contributed by atoms with E-state index in [-0.39, 0.29) is 11.5 Å². The number of hydrogen-bond acceptors (Lipinski definition) is 4. The number of phenolic OH excluding ortho intramolecular Hbond substituents is 1. The molecule has 0 heterocycles. The van der Waals surface area contributed by atoms with Crippen molar-refractivity contribution in [3.05, 3.63) is 58.1 Å². The summed E-state index contributed by atoms with van der Waals surface area (Å²) in [6.07, 6.45) is 4.10. The Hall–Kier alpha value is -2.27. The monoisotopic (exact) mass is 390 g/mol. The van der Waals surface area contributed by atoms with Gasteiger partial charge in [-0.15, -0.1) is 0 Å². The third kappa shape index (κ3) is 4.61. The van der Waals surface area contributed by atoms with E-state index in [0.29, 0.717) is 22.4 Å². The van der Waals surface area contributed by atoms with E-state index in [1.165, 1.54) is 13.2 Å². The van der Waals surface area contributed by atoms with E-state index in [1.54, 1.807) is 42.5 Å².